The van der Waals surface area contributed by atoms with Gasteiger partial charge in [-0.25, -0.2) is 0 Å². The summed E-state index contributed by atoms with van der Waals surface area (Å²) in [5.74, 6) is 2.78. The third-order valence-electron chi connectivity index (χ3n) is 1.80. The van der Waals surface area contributed by atoms with Gasteiger partial charge in [-0.1, -0.05) is 0 Å². The molecular formula is C7H9ClN2OS. The van der Waals surface area contributed by atoms with Crippen molar-refractivity contribution in [3.05, 3.63) is 11.8 Å². The Morgan fingerprint density at radius 1 is 1.58 bits per heavy atom. The van der Waals surface area contributed by atoms with E-state index in [4.69, 9.17) is 16.0 Å². The Hall–Kier alpha value is -0.220. The van der Waals surface area contributed by atoms with Gasteiger partial charge in [0.25, 0.3) is 0 Å². The molecule has 1 aromatic heterocycles. The van der Waals surface area contributed by atoms with Crippen LogP contribution in [0.1, 0.15) is 29.9 Å². The summed E-state index contributed by atoms with van der Waals surface area (Å²) in [4.78, 5) is 0. The van der Waals surface area contributed by atoms with Crippen LogP contribution in [0, 0.1) is 0 Å². The number of nitrogens with zero attached hydrogens (tertiary/aromatic N) is 2. The van der Waals surface area contributed by atoms with Crippen LogP contribution in [0.25, 0.3) is 0 Å². The molecule has 5 heteroatoms. The van der Waals surface area contributed by atoms with Crippen LogP contribution in [0.15, 0.2) is 4.42 Å². The molecule has 0 amide bonds. The largest absolute Gasteiger partial charge is 0.423 e. The normalized spacial score (nSPS) is 23.2. The lowest BCUT2D eigenvalue weighted by molar-refractivity contribution is 0.457. The molecular weight excluding hydrogens is 196 g/mol. The zero-order valence-electron chi connectivity index (χ0n) is 6.49. The first-order chi connectivity index (χ1) is 5.90. The van der Waals surface area contributed by atoms with E-state index >= 15 is 0 Å². The Labute approximate surface area is 79.9 Å². The van der Waals surface area contributed by atoms with Crippen LogP contribution >= 0.6 is 23.4 Å². The lowest BCUT2D eigenvalue weighted by atomic mass is 10.2. The smallest absolute Gasteiger partial charge is 0.231 e. The zero-order valence-corrected chi connectivity index (χ0v) is 8.07. The van der Waals surface area contributed by atoms with Gasteiger partial charge in [0.2, 0.25) is 11.8 Å². The van der Waals surface area contributed by atoms with Crippen LogP contribution in [0.3, 0.4) is 0 Å². The van der Waals surface area contributed by atoms with Crippen molar-refractivity contribution in [2.24, 2.45) is 0 Å². The van der Waals surface area contributed by atoms with Crippen molar-refractivity contribution >= 4 is 23.4 Å². The van der Waals surface area contributed by atoms with Gasteiger partial charge in [-0.3, -0.25) is 0 Å². The molecule has 3 nitrogen and oxygen atoms in total. The molecule has 1 atom stereocenters. The minimum atomic E-state index is 0.310. The molecule has 12 heavy (non-hydrogen) atoms. The molecule has 1 aliphatic heterocycles. The molecule has 0 bridgehead atoms. The summed E-state index contributed by atoms with van der Waals surface area (Å²) < 4.78 is 5.34. The van der Waals surface area contributed by atoms with E-state index in [2.05, 4.69) is 10.2 Å². The second kappa shape index (κ2) is 3.66. The molecule has 1 saturated heterocycles. The van der Waals surface area contributed by atoms with Crippen molar-refractivity contribution in [3.63, 3.8) is 0 Å². The predicted molar refractivity (Wildman–Crippen MR) is 48.3 cm³/mol. The molecule has 0 aliphatic carbocycles. The first-order valence-electron chi connectivity index (χ1n) is 3.90. The fraction of sp³-hybridized carbons (Fsp3) is 0.714. The molecule has 0 spiro atoms. The summed E-state index contributed by atoms with van der Waals surface area (Å²) in [5, 5.41) is 8.18. The molecule has 1 aromatic rings. The second-order valence-electron chi connectivity index (χ2n) is 2.67. The number of aromatic nitrogens is 2. The van der Waals surface area contributed by atoms with E-state index < -0.39 is 0 Å². The third-order valence-corrected chi connectivity index (χ3v) is 3.39. The lowest BCUT2D eigenvalue weighted by Crippen LogP contribution is -1.87. The molecule has 0 aromatic carbocycles. The van der Waals surface area contributed by atoms with Gasteiger partial charge in [-0.05, 0) is 18.6 Å². The quantitative estimate of drug-likeness (QED) is 0.694. The maximum absolute atomic E-state index is 5.54. The molecule has 2 heterocycles. The van der Waals surface area contributed by atoms with E-state index in [-0.39, 0.29) is 0 Å². The van der Waals surface area contributed by atoms with Crippen molar-refractivity contribution < 1.29 is 4.42 Å². The lowest BCUT2D eigenvalue weighted by Gasteiger charge is -1.99. The van der Waals surface area contributed by atoms with Crippen LogP contribution in [0.2, 0.25) is 0 Å². The van der Waals surface area contributed by atoms with E-state index in [0.717, 1.165) is 12.3 Å². The van der Waals surface area contributed by atoms with Crippen LogP contribution < -0.4 is 0 Å². The fourth-order valence-electron chi connectivity index (χ4n) is 1.22. The minimum Gasteiger partial charge on any atom is -0.423 e. The zero-order chi connectivity index (χ0) is 8.39. The molecule has 1 aliphatic rings. The Balaban J connectivity index is 2.11. The summed E-state index contributed by atoms with van der Waals surface area (Å²) in [6.07, 6.45) is 2.39. The monoisotopic (exact) mass is 204 g/mol. The van der Waals surface area contributed by atoms with E-state index in [1.807, 2.05) is 11.8 Å². The Kier molecular flexibility index (Phi) is 2.56. The van der Waals surface area contributed by atoms with Gasteiger partial charge in [0.1, 0.15) is 5.88 Å². The minimum absolute atomic E-state index is 0.310. The molecule has 0 saturated carbocycles. The van der Waals surface area contributed by atoms with E-state index in [9.17, 15) is 0 Å². The van der Waals surface area contributed by atoms with Gasteiger partial charge in [0.05, 0.1) is 5.25 Å². The van der Waals surface area contributed by atoms with Crippen molar-refractivity contribution in [2.45, 2.75) is 24.0 Å². The van der Waals surface area contributed by atoms with Gasteiger partial charge in [-0.15, -0.1) is 33.6 Å². The predicted octanol–water partition coefficient (Wildman–Crippen LogP) is 2.38. The number of hydrogen-bond donors (Lipinski definition) is 0. The topological polar surface area (TPSA) is 38.9 Å². The Morgan fingerprint density at radius 2 is 2.50 bits per heavy atom. The first kappa shape index (κ1) is 8.38. The summed E-state index contributed by atoms with van der Waals surface area (Å²) in [5.41, 5.74) is 0. The Bertz CT molecular complexity index is 260. The number of alkyl halides is 1. The SMILES string of the molecule is ClCc1nnc(C2CCCS2)o1. The Morgan fingerprint density at radius 3 is 3.08 bits per heavy atom. The number of rotatable bonds is 2. The van der Waals surface area contributed by atoms with Crippen molar-refractivity contribution in [2.75, 3.05) is 5.75 Å². The van der Waals surface area contributed by atoms with Gasteiger partial charge in [-0.2, -0.15) is 0 Å². The van der Waals surface area contributed by atoms with Crippen LogP contribution in [0.4, 0.5) is 0 Å². The summed E-state index contributed by atoms with van der Waals surface area (Å²) in [7, 11) is 0. The van der Waals surface area contributed by atoms with Gasteiger partial charge >= 0.3 is 0 Å². The van der Waals surface area contributed by atoms with Crippen molar-refractivity contribution in [1.29, 1.82) is 0 Å². The molecule has 1 fully saturated rings. The second-order valence-corrected chi connectivity index (χ2v) is 4.25. The van der Waals surface area contributed by atoms with Gasteiger partial charge < -0.3 is 4.42 Å². The highest BCUT2D eigenvalue weighted by molar-refractivity contribution is 7.99. The van der Waals surface area contributed by atoms with Crippen LogP contribution in [-0.4, -0.2) is 16.0 Å². The van der Waals surface area contributed by atoms with Crippen LogP contribution in [0.5, 0.6) is 0 Å². The number of hydrogen-bond acceptors (Lipinski definition) is 4. The highest BCUT2D eigenvalue weighted by atomic mass is 35.5. The maximum Gasteiger partial charge on any atom is 0.231 e. The molecule has 1 unspecified atom stereocenters. The summed E-state index contributed by atoms with van der Waals surface area (Å²) >= 11 is 7.42. The van der Waals surface area contributed by atoms with E-state index in [1.54, 1.807) is 0 Å². The first-order valence-corrected chi connectivity index (χ1v) is 5.48. The van der Waals surface area contributed by atoms with Gasteiger partial charge in [0, 0.05) is 0 Å². The van der Waals surface area contributed by atoms with Crippen molar-refractivity contribution in [1.82, 2.24) is 10.2 Å². The fourth-order valence-corrected chi connectivity index (χ4v) is 2.52. The molecule has 0 radical (unpaired) electrons. The molecule has 66 valence electrons. The van der Waals surface area contributed by atoms with Gasteiger partial charge in [0.15, 0.2) is 0 Å². The molecule has 0 N–H and O–H groups in total. The average molecular weight is 205 g/mol. The highest BCUT2D eigenvalue weighted by Crippen LogP contribution is 2.38. The standard InChI is InChI=1S/C7H9ClN2OS/c8-4-6-9-10-7(11-6)5-2-1-3-12-5/h5H,1-4H2. The maximum atomic E-state index is 5.54. The average Bonchev–Trinajstić information content (AvgIpc) is 2.75. The van der Waals surface area contributed by atoms with E-state index in [1.165, 1.54) is 12.2 Å². The third kappa shape index (κ3) is 1.59. The molecule has 2 rings (SSSR count). The highest BCUT2D eigenvalue weighted by Gasteiger charge is 2.22. The van der Waals surface area contributed by atoms with Crippen molar-refractivity contribution in [3.8, 4) is 0 Å². The number of thioether (sulfide) groups is 1. The summed E-state index contributed by atoms with van der Waals surface area (Å²) in [6.45, 7) is 0. The number of halogens is 1. The summed E-state index contributed by atoms with van der Waals surface area (Å²) in [6, 6.07) is 0. The van der Waals surface area contributed by atoms with E-state index in [0.29, 0.717) is 17.0 Å². The van der Waals surface area contributed by atoms with Crippen LogP contribution in [-0.2, 0) is 5.88 Å².